The van der Waals surface area contributed by atoms with Crippen LogP contribution in [0.15, 0.2) is 78.0 Å². The van der Waals surface area contributed by atoms with E-state index in [1.807, 2.05) is 6.92 Å². The topological polar surface area (TPSA) is 88.6 Å². The van der Waals surface area contributed by atoms with Gasteiger partial charge in [-0.1, -0.05) is 24.3 Å². The minimum Gasteiger partial charge on any atom is -0.495 e. The first-order valence-electron chi connectivity index (χ1n) is 8.84. The quantitative estimate of drug-likeness (QED) is 0.645. The molecule has 29 heavy (non-hydrogen) atoms. The van der Waals surface area contributed by atoms with Gasteiger partial charge in [-0.3, -0.25) is 14.1 Å². The number of aromatic nitrogens is 1. The van der Waals surface area contributed by atoms with Gasteiger partial charge in [-0.25, -0.2) is 8.42 Å². The number of nitrogens with zero attached hydrogens (tertiary/aromatic N) is 2. The van der Waals surface area contributed by atoms with Crippen molar-refractivity contribution >= 4 is 27.3 Å². The lowest BCUT2D eigenvalue weighted by molar-refractivity contribution is -0.114. The first-order chi connectivity index (χ1) is 13.9. The summed E-state index contributed by atoms with van der Waals surface area (Å²) in [6.07, 6.45) is 3.07. The fraction of sp³-hybridized carbons (Fsp3) is 0.143. The molecule has 0 aliphatic rings. The van der Waals surface area contributed by atoms with E-state index in [0.29, 0.717) is 11.4 Å². The number of sulfonamides is 1. The third-order valence-corrected chi connectivity index (χ3v) is 5.94. The summed E-state index contributed by atoms with van der Waals surface area (Å²) >= 11 is 0. The number of hydrogen-bond donors (Lipinski definition) is 1. The number of hydrogen-bond acceptors (Lipinski definition) is 5. The SMILES string of the molecule is COc1cc(C)ccc1N(CC(=O)Nc1cccnc1)S(=O)(=O)c1ccccc1. The molecule has 1 heterocycles. The molecule has 0 aliphatic carbocycles. The molecule has 3 rings (SSSR count). The molecule has 0 bridgehead atoms. The normalized spacial score (nSPS) is 11.0. The molecule has 0 radical (unpaired) electrons. The van der Waals surface area contributed by atoms with Crippen LogP contribution in [0.4, 0.5) is 11.4 Å². The highest BCUT2D eigenvalue weighted by Gasteiger charge is 2.29. The first-order valence-corrected chi connectivity index (χ1v) is 10.3. The lowest BCUT2D eigenvalue weighted by Gasteiger charge is -2.26. The molecule has 1 aromatic heterocycles. The van der Waals surface area contributed by atoms with Gasteiger partial charge >= 0.3 is 0 Å². The standard InChI is InChI=1S/C21H21N3O4S/c1-16-10-11-19(20(13-16)28-2)24(29(26,27)18-8-4-3-5-9-18)15-21(25)23-17-7-6-12-22-14-17/h3-14H,15H2,1-2H3,(H,23,25). The van der Waals surface area contributed by atoms with Crippen molar-refractivity contribution < 1.29 is 17.9 Å². The minimum absolute atomic E-state index is 0.0804. The van der Waals surface area contributed by atoms with E-state index in [1.54, 1.807) is 54.7 Å². The van der Waals surface area contributed by atoms with Gasteiger partial charge in [-0.2, -0.15) is 0 Å². The molecule has 8 heteroatoms. The first kappa shape index (κ1) is 20.3. The molecular formula is C21H21N3O4S. The van der Waals surface area contributed by atoms with E-state index in [2.05, 4.69) is 10.3 Å². The van der Waals surface area contributed by atoms with Crippen LogP contribution in [-0.2, 0) is 14.8 Å². The molecule has 0 aliphatic heterocycles. The van der Waals surface area contributed by atoms with E-state index in [9.17, 15) is 13.2 Å². The smallest absolute Gasteiger partial charge is 0.264 e. The number of aryl methyl sites for hydroxylation is 1. The van der Waals surface area contributed by atoms with Crippen LogP contribution in [0.5, 0.6) is 5.75 Å². The number of methoxy groups -OCH3 is 1. The summed E-state index contributed by atoms with van der Waals surface area (Å²) in [6, 6.07) is 16.4. The highest BCUT2D eigenvalue weighted by Crippen LogP contribution is 2.33. The summed E-state index contributed by atoms with van der Waals surface area (Å²) < 4.78 is 33.1. The summed E-state index contributed by atoms with van der Waals surface area (Å²) in [5, 5.41) is 2.67. The molecule has 1 amide bonds. The lowest BCUT2D eigenvalue weighted by Crippen LogP contribution is -2.38. The van der Waals surface area contributed by atoms with E-state index in [1.165, 1.54) is 25.4 Å². The fourth-order valence-electron chi connectivity index (χ4n) is 2.78. The maximum absolute atomic E-state index is 13.4. The Balaban J connectivity index is 2.01. The van der Waals surface area contributed by atoms with Gasteiger partial charge in [-0.05, 0) is 48.9 Å². The van der Waals surface area contributed by atoms with Gasteiger partial charge in [0.15, 0.2) is 0 Å². The van der Waals surface area contributed by atoms with Gasteiger partial charge in [0.25, 0.3) is 10.0 Å². The minimum atomic E-state index is -4.01. The Bertz CT molecular complexity index is 1090. The number of rotatable bonds is 7. The van der Waals surface area contributed by atoms with E-state index in [-0.39, 0.29) is 10.6 Å². The van der Waals surface area contributed by atoms with Gasteiger partial charge in [0.1, 0.15) is 12.3 Å². The average Bonchev–Trinajstić information content (AvgIpc) is 2.73. The summed E-state index contributed by atoms with van der Waals surface area (Å²) in [6.45, 7) is 1.45. The highest BCUT2D eigenvalue weighted by molar-refractivity contribution is 7.92. The van der Waals surface area contributed by atoms with Crippen LogP contribution in [0.25, 0.3) is 0 Å². The Morgan fingerprint density at radius 1 is 1.10 bits per heavy atom. The van der Waals surface area contributed by atoms with Crippen LogP contribution >= 0.6 is 0 Å². The molecule has 7 nitrogen and oxygen atoms in total. The van der Waals surface area contributed by atoms with Crippen molar-refractivity contribution in [2.24, 2.45) is 0 Å². The number of carbonyl (C=O) groups is 1. The molecule has 0 fully saturated rings. The Hall–Kier alpha value is -3.39. The zero-order chi connectivity index (χ0) is 20.9. The second kappa shape index (κ2) is 8.74. The van der Waals surface area contributed by atoms with Crippen LogP contribution in [0.3, 0.4) is 0 Å². The zero-order valence-electron chi connectivity index (χ0n) is 16.1. The van der Waals surface area contributed by atoms with Gasteiger partial charge in [0, 0.05) is 6.20 Å². The number of nitrogens with one attached hydrogen (secondary N) is 1. The molecule has 0 spiro atoms. The van der Waals surface area contributed by atoms with E-state index in [4.69, 9.17) is 4.74 Å². The third-order valence-electron chi connectivity index (χ3n) is 4.17. The third kappa shape index (κ3) is 4.72. The van der Waals surface area contributed by atoms with Crippen LogP contribution < -0.4 is 14.4 Å². The van der Waals surface area contributed by atoms with E-state index >= 15 is 0 Å². The molecule has 0 saturated heterocycles. The number of pyridine rings is 1. The Morgan fingerprint density at radius 3 is 2.52 bits per heavy atom. The van der Waals surface area contributed by atoms with Crippen molar-refractivity contribution in [3.8, 4) is 5.75 Å². The molecule has 0 saturated carbocycles. The summed E-state index contributed by atoms with van der Waals surface area (Å²) in [4.78, 5) is 16.7. The molecule has 0 unspecified atom stereocenters. The molecule has 2 aromatic carbocycles. The number of amides is 1. The van der Waals surface area contributed by atoms with Gasteiger partial charge < -0.3 is 10.1 Å². The number of carbonyl (C=O) groups excluding carboxylic acids is 1. The van der Waals surface area contributed by atoms with Gasteiger partial charge in [0.05, 0.1) is 29.6 Å². The number of anilines is 2. The zero-order valence-corrected chi connectivity index (χ0v) is 16.9. The van der Waals surface area contributed by atoms with Crippen molar-refractivity contribution in [3.05, 3.63) is 78.6 Å². The molecule has 3 aromatic rings. The molecule has 150 valence electrons. The maximum atomic E-state index is 13.4. The van der Waals surface area contributed by atoms with Gasteiger partial charge in [-0.15, -0.1) is 0 Å². The summed E-state index contributed by atoms with van der Waals surface area (Å²) in [5.41, 5.74) is 1.66. The highest BCUT2D eigenvalue weighted by atomic mass is 32.2. The predicted molar refractivity (Wildman–Crippen MR) is 112 cm³/mol. The van der Waals surface area contributed by atoms with E-state index < -0.39 is 22.5 Å². The lowest BCUT2D eigenvalue weighted by atomic mass is 10.2. The molecule has 1 N–H and O–H groups in total. The molecular weight excluding hydrogens is 390 g/mol. The average molecular weight is 411 g/mol. The van der Waals surface area contributed by atoms with E-state index in [0.717, 1.165) is 9.87 Å². The van der Waals surface area contributed by atoms with Crippen LogP contribution in [0.2, 0.25) is 0 Å². The van der Waals surface area contributed by atoms with Gasteiger partial charge in [0.2, 0.25) is 5.91 Å². The van der Waals surface area contributed by atoms with Crippen molar-refractivity contribution in [1.29, 1.82) is 0 Å². The van der Waals surface area contributed by atoms with Crippen molar-refractivity contribution in [2.75, 3.05) is 23.3 Å². The Labute approximate surface area is 170 Å². The monoisotopic (exact) mass is 411 g/mol. The van der Waals surface area contributed by atoms with Crippen LogP contribution in [0, 0.1) is 6.92 Å². The van der Waals surface area contributed by atoms with Crippen LogP contribution in [-0.4, -0.2) is 33.0 Å². The number of benzene rings is 2. The molecule has 0 atom stereocenters. The summed E-state index contributed by atoms with van der Waals surface area (Å²) in [7, 11) is -2.55. The Kier molecular flexibility index (Phi) is 6.13. The van der Waals surface area contributed by atoms with Crippen molar-refractivity contribution in [1.82, 2.24) is 4.98 Å². The second-order valence-corrected chi connectivity index (χ2v) is 8.15. The Morgan fingerprint density at radius 2 is 1.86 bits per heavy atom. The van der Waals surface area contributed by atoms with Crippen LogP contribution in [0.1, 0.15) is 5.56 Å². The van der Waals surface area contributed by atoms with Crippen molar-refractivity contribution in [2.45, 2.75) is 11.8 Å². The maximum Gasteiger partial charge on any atom is 0.264 e. The fourth-order valence-corrected chi connectivity index (χ4v) is 4.23. The summed E-state index contributed by atoms with van der Waals surface area (Å²) in [5.74, 6) is -0.140. The largest absolute Gasteiger partial charge is 0.495 e. The number of ether oxygens (including phenoxy) is 1. The van der Waals surface area contributed by atoms with Crippen molar-refractivity contribution in [3.63, 3.8) is 0 Å². The predicted octanol–water partition coefficient (Wildman–Crippen LogP) is 3.23. The second-order valence-electron chi connectivity index (χ2n) is 6.29.